The molecule has 2 aliphatic heterocycles. The van der Waals surface area contributed by atoms with E-state index in [0.29, 0.717) is 23.0 Å². The van der Waals surface area contributed by atoms with Crippen LogP contribution in [-0.4, -0.2) is 35.7 Å². The summed E-state index contributed by atoms with van der Waals surface area (Å²) < 4.78 is 14.8. The van der Waals surface area contributed by atoms with Crippen LogP contribution in [0, 0.1) is 35.9 Å². The zero-order valence-electron chi connectivity index (χ0n) is 17.0. The molecule has 2 saturated heterocycles. The molecule has 2 fully saturated rings. The number of hydrogen-bond donors (Lipinski definition) is 0. The van der Waals surface area contributed by atoms with Crippen LogP contribution in [0.4, 0.5) is 15.8 Å². The van der Waals surface area contributed by atoms with E-state index < -0.39 is 0 Å². The first kappa shape index (κ1) is 18.6. The van der Waals surface area contributed by atoms with Crippen LogP contribution in [0.2, 0.25) is 0 Å². The highest BCUT2D eigenvalue weighted by Crippen LogP contribution is 2.38. The van der Waals surface area contributed by atoms with Gasteiger partial charge in [-0.25, -0.2) is 9.37 Å². The molecule has 152 valence electrons. The maximum atomic E-state index is 13.2. The number of halogens is 1. The quantitative estimate of drug-likeness (QED) is 0.658. The second-order valence-corrected chi connectivity index (χ2v) is 8.33. The van der Waals surface area contributed by atoms with Gasteiger partial charge in [-0.1, -0.05) is 0 Å². The van der Waals surface area contributed by atoms with Gasteiger partial charge in [-0.2, -0.15) is 5.26 Å². The number of aryl methyl sites for hydroxylation is 2. The summed E-state index contributed by atoms with van der Waals surface area (Å²) in [4.78, 5) is 22.0. The Morgan fingerprint density at radius 3 is 2.30 bits per heavy atom. The van der Waals surface area contributed by atoms with Gasteiger partial charge in [0.15, 0.2) is 0 Å². The minimum atomic E-state index is -0.282. The van der Waals surface area contributed by atoms with Gasteiger partial charge in [0, 0.05) is 56.4 Å². The molecule has 1 aromatic carbocycles. The Balaban J connectivity index is 1.50. The summed E-state index contributed by atoms with van der Waals surface area (Å²) in [6, 6.07) is 12.6. The second kappa shape index (κ2) is 6.84. The Bertz CT molecular complexity index is 1230. The van der Waals surface area contributed by atoms with E-state index >= 15 is 0 Å². The second-order valence-electron chi connectivity index (χ2n) is 8.33. The lowest BCUT2D eigenvalue weighted by atomic mass is 10.0. The Kier molecular flexibility index (Phi) is 4.24. The zero-order chi connectivity index (χ0) is 21.0. The lowest BCUT2D eigenvalue weighted by Gasteiger charge is -2.26. The maximum Gasteiger partial charge on any atom is 0.270 e. The monoisotopic (exact) mass is 403 g/mol. The van der Waals surface area contributed by atoms with E-state index in [1.165, 1.54) is 16.7 Å². The molecule has 6 nitrogen and oxygen atoms in total. The van der Waals surface area contributed by atoms with E-state index in [9.17, 15) is 14.4 Å². The molecule has 5 rings (SSSR count). The summed E-state index contributed by atoms with van der Waals surface area (Å²) in [5.41, 5.74) is 3.89. The third-order valence-electron chi connectivity index (χ3n) is 6.46. The van der Waals surface area contributed by atoms with Gasteiger partial charge in [0.2, 0.25) is 0 Å². The first-order valence-corrected chi connectivity index (χ1v) is 10.1. The normalized spacial score (nSPS) is 20.6. The van der Waals surface area contributed by atoms with E-state index in [4.69, 9.17) is 4.98 Å². The summed E-state index contributed by atoms with van der Waals surface area (Å²) >= 11 is 0. The molecule has 0 unspecified atom stereocenters. The number of hydrogen-bond acceptors (Lipinski definition) is 5. The van der Waals surface area contributed by atoms with Crippen LogP contribution in [0.25, 0.3) is 11.0 Å². The Hall–Kier alpha value is -3.40. The number of nitrogens with zero attached hydrogens (tertiary/aromatic N) is 5. The van der Waals surface area contributed by atoms with E-state index in [-0.39, 0.29) is 16.9 Å². The van der Waals surface area contributed by atoms with Gasteiger partial charge in [0.05, 0.1) is 11.2 Å². The van der Waals surface area contributed by atoms with Crippen LogP contribution < -0.4 is 15.4 Å². The Labute approximate surface area is 173 Å². The lowest BCUT2D eigenvalue weighted by Crippen LogP contribution is -2.32. The first-order valence-electron chi connectivity index (χ1n) is 10.1. The third kappa shape index (κ3) is 2.83. The summed E-state index contributed by atoms with van der Waals surface area (Å²) in [6.45, 7) is 5.22. The topological polar surface area (TPSA) is 65.2 Å². The fourth-order valence-corrected chi connectivity index (χ4v) is 4.94. The molecule has 30 heavy (non-hydrogen) atoms. The fraction of sp³-hybridized carbons (Fsp3) is 0.348. The molecule has 0 radical (unpaired) electrons. The predicted octanol–water partition coefficient (Wildman–Crippen LogP) is 2.83. The van der Waals surface area contributed by atoms with Crippen LogP contribution in [0.3, 0.4) is 0 Å². The molecule has 0 spiro atoms. The smallest absolute Gasteiger partial charge is 0.270 e. The van der Waals surface area contributed by atoms with Crippen molar-refractivity contribution in [1.82, 2.24) is 9.55 Å². The van der Waals surface area contributed by atoms with Crippen LogP contribution in [0.15, 0.2) is 41.2 Å². The molecular formula is C23H22FN5O. The van der Waals surface area contributed by atoms with Crippen molar-refractivity contribution in [2.24, 2.45) is 18.9 Å². The molecule has 2 atom stereocenters. The van der Waals surface area contributed by atoms with Crippen molar-refractivity contribution in [2.45, 2.75) is 6.92 Å². The van der Waals surface area contributed by atoms with Gasteiger partial charge in [-0.3, -0.25) is 4.79 Å². The van der Waals surface area contributed by atoms with Crippen molar-refractivity contribution < 1.29 is 4.39 Å². The standard InChI is InChI=1S/C23H22FN5O/c1-14-3-8-20-21(26-14)22(19(9-25)23(30)27(20)2)29-12-15-10-28(11-16(15)13-29)18-6-4-17(24)5-7-18/h3-8,15-16H,10-13H2,1-2H3/t15-,16-/m1/s1. The summed E-state index contributed by atoms with van der Waals surface area (Å²) in [5, 5.41) is 9.77. The molecule has 0 amide bonds. The van der Waals surface area contributed by atoms with Crippen molar-refractivity contribution >= 4 is 22.4 Å². The van der Waals surface area contributed by atoms with Gasteiger partial charge >= 0.3 is 0 Å². The van der Waals surface area contributed by atoms with E-state index in [1.807, 2.05) is 31.2 Å². The average Bonchev–Trinajstić information content (AvgIpc) is 3.30. The summed E-state index contributed by atoms with van der Waals surface area (Å²) in [6.07, 6.45) is 0. The molecule has 7 heteroatoms. The molecule has 2 aliphatic rings. The first-order chi connectivity index (χ1) is 14.5. The zero-order valence-corrected chi connectivity index (χ0v) is 17.0. The average molecular weight is 403 g/mol. The van der Waals surface area contributed by atoms with Gasteiger partial charge in [0.25, 0.3) is 5.56 Å². The Morgan fingerprint density at radius 1 is 1.03 bits per heavy atom. The van der Waals surface area contributed by atoms with Crippen molar-refractivity contribution in [3.63, 3.8) is 0 Å². The van der Waals surface area contributed by atoms with Crippen molar-refractivity contribution in [2.75, 3.05) is 36.0 Å². The van der Waals surface area contributed by atoms with E-state index in [2.05, 4.69) is 15.9 Å². The van der Waals surface area contributed by atoms with Crippen LogP contribution in [0.1, 0.15) is 11.3 Å². The minimum Gasteiger partial charge on any atom is -0.371 e. The molecular weight excluding hydrogens is 381 g/mol. The highest BCUT2D eigenvalue weighted by atomic mass is 19.1. The van der Waals surface area contributed by atoms with Crippen molar-refractivity contribution in [3.8, 4) is 6.07 Å². The number of fused-ring (bicyclic) bond motifs is 2. The summed E-state index contributed by atoms with van der Waals surface area (Å²) in [7, 11) is 1.69. The Morgan fingerprint density at radius 2 is 1.67 bits per heavy atom. The number of aromatic nitrogens is 2. The molecule has 0 saturated carbocycles. The van der Waals surface area contributed by atoms with E-state index in [1.54, 1.807) is 7.05 Å². The SMILES string of the molecule is Cc1ccc2c(n1)c(N1C[C@H]3CN(c4ccc(F)cc4)C[C@@H]3C1)c(C#N)c(=O)n2C. The number of nitriles is 1. The maximum absolute atomic E-state index is 13.2. The number of rotatable bonds is 2. The van der Waals surface area contributed by atoms with Crippen molar-refractivity contribution in [1.29, 1.82) is 5.26 Å². The van der Waals surface area contributed by atoms with E-state index in [0.717, 1.165) is 43.1 Å². The van der Waals surface area contributed by atoms with Crippen molar-refractivity contribution in [3.05, 3.63) is 63.8 Å². The minimum absolute atomic E-state index is 0.165. The number of anilines is 2. The molecule has 0 bridgehead atoms. The van der Waals surface area contributed by atoms with Crippen LogP contribution in [0.5, 0.6) is 0 Å². The largest absolute Gasteiger partial charge is 0.371 e. The molecule has 0 aliphatic carbocycles. The summed E-state index contributed by atoms with van der Waals surface area (Å²) in [5.74, 6) is 0.615. The van der Waals surface area contributed by atoms with Crippen LogP contribution >= 0.6 is 0 Å². The van der Waals surface area contributed by atoms with Gasteiger partial charge in [-0.15, -0.1) is 0 Å². The number of pyridine rings is 2. The molecule has 3 aromatic rings. The van der Waals surface area contributed by atoms with Gasteiger partial charge in [0.1, 0.15) is 23.0 Å². The highest BCUT2D eigenvalue weighted by Gasteiger charge is 2.41. The predicted molar refractivity (Wildman–Crippen MR) is 114 cm³/mol. The molecule has 2 aromatic heterocycles. The highest BCUT2D eigenvalue weighted by molar-refractivity contribution is 5.92. The van der Waals surface area contributed by atoms with Gasteiger partial charge < -0.3 is 14.4 Å². The lowest BCUT2D eigenvalue weighted by molar-refractivity contribution is 0.533. The third-order valence-corrected chi connectivity index (χ3v) is 6.46. The number of benzene rings is 1. The molecule has 4 heterocycles. The van der Waals surface area contributed by atoms with Gasteiger partial charge in [-0.05, 0) is 43.3 Å². The van der Waals surface area contributed by atoms with Crippen LogP contribution in [-0.2, 0) is 7.05 Å². The fourth-order valence-electron chi connectivity index (χ4n) is 4.94. The molecule has 0 N–H and O–H groups in total.